The fourth-order valence-corrected chi connectivity index (χ4v) is 5.36. The molecule has 6 saturated heterocycles. The second-order valence-electron chi connectivity index (χ2n) is 9.39. The van der Waals surface area contributed by atoms with Gasteiger partial charge in [-0.2, -0.15) is 0 Å². The lowest BCUT2D eigenvalue weighted by atomic mass is 9.86. The molecule has 2 aromatic rings. The lowest BCUT2D eigenvalue weighted by Crippen LogP contribution is -2.52. The first kappa shape index (κ1) is 20.8. The summed E-state index contributed by atoms with van der Waals surface area (Å²) in [5.74, 6) is 4.00. The van der Waals surface area contributed by atoms with Crippen LogP contribution in [0.2, 0.25) is 0 Å². The second-order valence-corrected chi connectivity index (χ2v) is 9.39. The smallest absolute Gasteiger partial charge is 0.127 e. The van der Waals surface area contributed by atoms with Gasteiger partial charge in [-0.1, -0.05) is 18.2 Å². The highest BCUT2D eigenvalue weighted by atomic mass is 16.5. The molecule has 0 amide bonds. The van der Waals surface area contributed by atoms with Crippen molar-refractivity contribution in [2.45, 2.75) is 37.9 Å². The van der Waals surface area contributed by atoms with Crippen molar-refractivity contribution in [3.63, 3.8) is 0 Å². The topological polar surface area (TPSA) is 45.2 Å². The molecule has 0 saturated carbocycles. The molecule has 0 radical (unpaired) electrons. The van der Waals surface area contributed by atoms with Crippen LogP contribution in [0.4, 0.5) is 0 Å². The minimum absolute atomic E-state index is 0.00694. The molecule has 5 heteroatoms. The fourth-order valence-electron chi connectivity index (χ4n) is 5.36. The van der Waals surface area contributed by atoms with Crippen LogP contribution in [0.15, 0.2) is 54.6 Å². The summed E-state index contributed by atoms with van der Waals surface area (Å²) in [5, 5.41) is 9.36. The molecule has 8 rings (SSSR count). The normalized spacial score (nSPS) is 33.3. The summed E-state index contributed by atoms with van der Waals surface area (Å²) in [6.45, 7) is 6.95. The molecule has 2 aromatic carbocycles. The summed E-state index contributed by atoms with van der Waals surface area (Å²) >= 11 is 0. The van der Waals surface area contributed by atoms with E-state index in [0.717, 1.165) is 36.3 Å². The van der Waals surface area contributed by atoms with Gasteiger partial charge in [-0.25, -0.2) is 0 Å². The number of fused-ring (bicyclic) bond motifs is 6. The van der Waals surface area contributed by atoms with Crippen molar-refractivity contribution >= 4 is 0 Å². The molecule has 6 fully saturated rings. The maximum absolute atomic E-state index is 9.36. The number of nitrogens with zero attached hydrogens (tertiary/aromatic N) is 2. The molecule has 6 aliphatic rings. The van der Waals surface area contributed by atoms with Gasteiger partial charge < -0.3 is 19.5 Å². The van der Waals surface area contributed by atoms with E-state index in [1.54, 1.807) is 0 Å². The predicted molar refractivity (Wildman–Crippen MR) is 122 cm³/mol. The summed E-state index contributed by atoms with van der Waals surface area (Å²) in [5.41, 5.74) is 0. The van der Waals surface area contributed by atoms with Crippen LogP contribution in [-0.4, -0.2) is 66.4 Å². The molecular weight excluding hydrogens is 388 g/mol. The van der Waals surface area contributed by atoms with Crippen molar-refractivity contribution < 1.29 is 14.6 Å². The zero-order valence-corrected chi connectivity index (χ0v) is 18.2. The zero-order valence-electron chi connectivity index (χ0n) is 18.2. The zero-order chi connectivity index (χ0) is 21.0. The van der Waals surface area contributed by atoms with Gasteiger partial charge in [0.25, 0.3) is 0 Å². The number of piperidine rings is 6. The highest BCUT2D eigenvalue weighted by molar-refractivity contribution is 5.35. The first-order valence-corrected chi connectivity index (χ1v) is 11.9. The van der Waals surface area contributed by atoms with Gasteiger partial charge in [0.1, 0.15) is 23.4 Å². The van der Waals surface area contributed by atoms with E-state index in [2.05, 4.69) is 9.80 Å². The van der Waals surface area contributed by atoms with Gasteiger partial charge in [0, 0.05) is 13.1 Å². The van der Waals surface area contributed by atoms with Gasteiger partial charge in [0.15, 0.2) is 0 Å². The highest BCUT2D eigenvalue weighted by Gasteiger charge is 2.35. The molecule has 31 heavy (non-hydrogen) atoms. The van der Waals surface area contributed by atoms with Crippen molar-refractivity contribution in [3.8, 4) is 17.2 Å². The number of benzene rings is 2. The Morgan fingerprint density at radius 1 is 0.645 bits per heavy atom. The lowest BCUT2D eigenvalue weighted by molar-refractivity contribution is -0.0227. The number of hydrogen-bond donors (Lipinski definition) is 1. The molecule has 0 unspecified atom stereocenters. The summed E-state index contributed by atoms with van der Waals surface area (Å²) in [6.07, 6.45) is 5.35. The Bertz CT molecular complexity index is 812. The monoisotopic (exact) mass is 422 g/mol. The van der Waals surface area contributed by atoms with Gasteiger partial charge in [-0.05, 0) is 100 Å². The Balaban J connectivity index is 0.000000189. The van der Waals surface area contributed by atoms with E-state index >= 15 is 0 Å². The van der Waals surface area contributed by atoms with Crippen molar-refractivity contribution in [2.75, 3.05) is 39.3 Å². The Morgan fingerprint density at radius 3 is 1.68 bits per heavy atom. The second kappa shape index (κ2) is 9.60. The Labute approximate surface area is 185 Å². The average Bonchev–Trinajstić information content (AvgIpc) is 2.83. The van der Waals surface area contributed by atoms with Crippen molar-refractivity contribution in [3.05, 3.63) is 54.6 Å². The number of aliphatic hydroxyl groups excluding tert-OH is 1. The Morgan fingerprint density at radius 2 is 1.19 bits per heavy atom. The fraction of sp³-hybridized carbons (Fsp3) is 0.538. The van der Waals surface area contributed by atoms with Crippen LogP contribution in [0.25, 0.3) is 0 Å². The molecule has 0 aliphatic carbocycles. The molecular formula is C26H34N2O3. The van der Waals surface area contributed by atoms with Crippen LogP contribution in [0, 0.1) is 11.8 Å². The molecule has 0 aromatic heterocycles. The molecule has 1 N–H and O–H groups in total. The number of rotatable bonds is 4. The van der Waals surface area contributed by atoms with E-state index in [9.17, 15) is 5.11 Å². The van der Waals surface area contributed by atoms with Gasteiger partial charge in [0.2, 0.25) is 0 Å². The molecule has 5 nitrogen and oxygen atoms in total. The number of ether oxygens (including phenoxy) is 2. The lowest BCUT2D eigenvalue weighted by Gasteiger charge is -2.44. The third kappa shape index (κ3) is 5.22. The van der Waals surface area contributed by atoms with E-state index in [0.29, 0.717) is 12.0 Å². The first-order chi connectivity index (χ1) is 15.2. The van der Waals surface area contributed by atoms with Crippen LogP contribution in [0.5, 0.6) is 17.2 Å². The molecule has 6 heterocycles. The van der Waals surface area contributed by atoms with E-state index in [1.165, 1.54) is 51.9 Å². The number of hydrogen-bond acceptors (Lipinski definition) is 5. The average molecular weight is 423 g/mol. The van der Waals surface area contributed by atoms with E-state index in [4.69, 9.17) is 9.47 Å². The third-order valence-corrected chi connectivity index (χ3v) is 7.31. The van der Waals surface area contributed by atoms with E-state index < -0.39 is 0 Å². The molecule has 6 aliphatic heterocycles. The largest absolute Gasteiger partial charge is 0.489 e. The Kier molecular flexibility index (Phi) is 6.44. The standard InChI is InChI=1S/C19H21NO2.C7H13NO/c1-2-4-16(5-3-1)21-17-6-8-18(9-7-17)22-19-14-20-12-10-15(19)11-13-20;9-7-5-8-3-1-6(7)2-4-8/h1-9,15,19H,10-14H2;6-7,9H,1-5H2/t19-;7-/m10/s1. The maximum Gasteiger partial charge on any atom is 0.127 e. The predicted octanol–water partition coefficient (Wildman–Crippen LogP) is 4.02. The SMILES string of the molecule is O[C@H]1CN2CCC1CC2.c1ccc(Oc2ccc(O[C@@H]3CN4CCC3CC4)cc2)cc1. The summed E-state index contributed by atoms with van der Waals surface area (Å²) in [7, 11) is 0. The van der Waals surface area contributed by atoms with Crippen LogP contribution >= 0.6 is 0 Å². The van der Waals surface area contributed by atoms with Crippen molar-refractivity contribution in [1.82, 2.24) is 9.80 Å². The van der Waals surface area contributed by atoms with Crippen LogP contribution in [0.1, 0.15) is 25.7 Å². The van der Waals surface area contributed by atoms with E-state index in [-0.39, 0.29) is 6.10 Å². The quantitative estimate of drug-likeness (QED) is 0.806. The number of para-hydroxylation sites is 1. The highest BCUT2D eigenvalue weighted by Crippen LogP contribution is 2.31. The van der Waals surface area contributed by atoms with Crippen LogP contribution in [-0.2, 0) is 0 Å². The Hall–Kier alpha value is -2.08. The van der Waals surface area contributed by atoms with Crippen LogP contribution < -0.4 is 9.47 Å². The molecule has 4 bridgehead atoms. The summed E-state index contributed by atoms with van der Waals surface area (Å²) in [4.78, 5) is 4.86. The van der Waals surface area contributed by atoms with Gasteiger partial charge in [-0.3, -0.25) is 4.90 Å². The van der Waals surface area contributed by atoms with Gasteiger partial charge in [-0.15, -0.1) is 0 Å². The van der Waals surface area contributed by atoms with Crippen molar-refractivity contribution in [1.29, 1.82) is 0 Å². The minimum Gasteiger partial charge on any atom is -0.489 e. The third-order valence-electron chi connectivity index (χ3n) is 7.31. The minimum atomic E-state index is -0.00694. The summed E-state index contributed by atoms with van der Waals surface area (Å²) in [6, 6.07) is 17.8. The summed E-state index contributed by atoms with van der Waals surface area (Å²) < 4.78 is 12.0. The van der Waals surface area contributed by atoms with Gasteiger partial charge in [0.05, 0.1) is 6.10 Å². The van der Waals surface area contributed by atoms with Gasteiger partial charge >= 0.3 is 0 Å². The van der Waals surface area contributed by atoms with E-state index in [1.807, 2.05) is 54.6 Å². The van der Waals surface area contributed by atoms with Crippen molar-refractivity contribution in [2.24, 2.45) is 11.8 Å². The van der Waals surface area contributed by atoms with Crippen LogP contribution in [0.3, 0.4) is 0 Å². The maximum atomic E-state index is 9.36. The molecule has 2 atom stereocenters. The molecule has 166 valence electrons. The molecule has 0 spiro atoms. The number of aliphatic hydroxyl groups is 1. The first-order valence-electron chi connectivity index (χ1n) is 11.9.